The van der Waals surface area contributed by atoms with Crippen LogP contribution in [0.4, 0.5) is 11.8 Å². The van der Waals surface area contributed by atoms with Gasteiger partial charge in [-0.25, -0.2) is 4.98 Å². The van der Waals surface area contributed by atoms with Gasteiger partial charge >= 0.3 is 0 Å². The molecule has 1 heterocycles. The minimum absolute atomic E-state index is 0. The van der Waals surface area contributed by atoms with E-state index in [2.05, 4.69) is 9.97 Å². The van der Waals surface area contributed by atoms with Crippen LogP contribution >= 0.6 is 0 Å². The summed E-state index contributed by atoms with van der Waals surface area (Å²) in [7, 11) is 0. The monoisotopic (exact) mass is 192 g/mol. The highest BCUT2D eigenvalue weighted by Gasteiger charge is 2.02. The number of phenols is 1. The van der Waals surface area contributed by atoms with Crippen molar-refractivity contribution in [3.05, 3.63) is 18.2 Å². The summed E-state index contributed by atoms with van der Waals surface area (Å²) in [5.41, 5.74) is 11.5. The first-order valence-electron chi connectivity index (χ1n) is 3.68. The van der Waals surface area contributed by atoms with Crippen LogP contribution in [0.25, 0.3) is 10.9 Å². The number of hydrogen-bond acceptors (Lipinski definition) is 5. The van der Waals surface area contributed by atoms with Crippen LogP contribution in [0.1, 0.15) is 7.43 Å². The fourth-order valence-electron chi connectivity index (χ4n) is 1.16. The fourth-order valence-corrected chi connectivity index (χ4v) is 1.16. The van der Waals surface area contributed by atoms with Crippen LogP contribution in [0.2, 0.25) is 0 Å². The second-order valence-electron chi connectivity index (χ2n) is 2.67. The molecule has 74 valence electrons. The maximum Gasteiger partial charge on any atom is 0.222 e. The molecule has 0 aliphatic rings. The molecule has 0 spiro atoms. The largest absolute Gasteiger partial charge is 0.508 e. The molecule has 5 heteroatoms. The quantitative estimate of drug-likeness (QED) is 0.581. The Kier molecular flexibility index (Phi) is 2.42. The third kappa shape index (κ3) is 1.52. The molecule has 0 radical (unpaired) electrons. The molecule has 0 bridgehead atoms. The predicted molar refractivity (Wildman–Crippen MR) is 56.8 cm³/mol. The highest BCUT2D eigenvalue weighted by molar-refractivity contribution is 5.89. The topological polar surface area (TPSA) is 98.0 Å². The molecule has 0 atom stereocenters. The number of nitrogens with zero attached hydrogens (tertiary/aromatic N) is 2. The third-order valence-corrected chi connectivity index (χ3v) is 1.73. The number of hydrogen-bond donors (Lipinski definition) is 3. The van der Waals surface area contributed by atoms with Gasteiger partial charge in [-0.2, -0.15) is 4.98 Å². The van der Waals surface area contributed by atoms with Gasteiger partial charge in [0.25, 0.3) is 0 Å². The van der Waals surface area contributed by atoms with Crippen LogP contribution in [0, 0.1) is 0 Å². The molecule has 0 fully saturated rings. The van der Waals surface area contributed by atoms with Gasteiger partial charge in [-0.05, 0) is 12.1 Å². The molecule has 2 aromatic rings. The molecule has 0 saturated carbocycles. The Balaban J connectivity index is 0.000000980. The molecule has 5 N–H and O–H groups in total. The van der Waals surface area contributed by atoms with Gasteiger partial charge in [0.2, 0.25) is 5.95 Å². The number of aromatic hydroxyl groups is 1. The van der Waals surface area contributed by atoms with E-state index in [1.807, 2.05) is 0 Å². The van der Waals surface area contributed by atoms with E-state index in [4.69, 9.17) is 16.6 Å². The molecule has 1 aromatic carbocycles. The molecule has 0 amide bonds. The summed E-state index contributed by atoms with van der Waals surface area (Å²) < 4.78 is 0. The molecule has 0 unspecified atom stereocenters. The van der Waals surface area contributed by atoms with Crippen molar-refractivity contribution < 1.29 is 5.11 Å². The normalized spacial score (nSPS) is 9.71. The van der Waals surface area contributed by atoms with Crippen LogP contribution in [-0.2, 0) is 0 Å². The van der Waals surface area contributed by atoms with Gasteiger partial charge in [-0.15, -0.1) is 0 Å². The maximum atomic E-state index is 9.17. The van der Waals surface area contributed by atoms with Crippen LogP contribution in [0.15, 0.2) is 18.2 Å². The van der Waals surface area contributed by atoms with Gasteiger partial charge in [-0.3, -0.25) is 0 Å². The third-order valence-electron chi connectivity index (χ3n) is 1.73. The van der Waals surface area contributed by atoms with Crippen molar-refractivity contribution in [3.8, 4) is 5.75 Å². The van der Waals surface area contributed by atoms with Crippen molar-refractivity contribution in [1.29, 1.82) is 0 Å². The molecule has 2 rings (SSSR count). The average Bonchev–Trinajstić information content (AvgIpc) is 2.02. The zero-order chi connectivity index (χ0) is 9.42. The number of rotatable bonds is 0. The molecule has 1 aromatic heterocycles. The predicted octanol–water partition coefficient (Wildman–Crippen LogP) is 1.14. The molecular formula is C9H12N4O. The first kappa shape index (κ1) is 10.0. The molecule has 0 aliphatic carbocycles. The van der Waals surface area contributed by atoms with Gasteiger partial charge < -0.3 is 16.6 Å². The van der Waals surface area contributed by atoms with Crippen LogP contribution in [0.3, 0.4) is 0 Å². The Morgan fingerprint density at radius 1 is 1.14 bits per heavy atom. The first-order valence-corrected chi connectivity index (χ1v) is 3.68. The number of benzene rings is 1. The van der Waals surface area contributed by atoms with Gasteiger partial charge in [-0.1, -0.05) is 7.43 Å². The number of anilines is 2. The van der Waals surface area contributed by atoms with Crippen molar-refractivity contribution >= 4 is 22.7 Å². The first-order chi connectivity index (χ1) is 6.16. The van der Waals surface area contributed by atoms with Gasteiger partial charge in [0.05, 0.1) is 5.52 Å². The number of nitrogens with two attached hydrogens (primary N) is 2. The summed E-state index contributed by atoms with van der Waals surface area (Å²) in [4.78, 5) is 7.72. The minimum atomic E-state index is 0. The highest BCUT2D eigenvalue weighted by Crippen LogP contribution is 2.22. The van der Waals surface area contributed by atoms with Crippen molar-refractivity contribution in [3.63, 3.8) is 0 Å². The zero-order valence-electron chi connectivity index (χ0n) is 6.73. The Labute approximate surface area is 81.4 Å². The molecule has 0 saturated heterocycles. The summed E-state index contributed by atoms with van der Waals surface area (Å²) in [5, 5.41) is 9.86. The van der Waals surface area contributed by atoms with E-state index in [-0.39, 0.29) is 19.1 Å². The lowest BCUT2D eigenvalue weighted by Gasteiger charge is -2.01. The number of fused-ring (bicyclic) bond motifs is 1. The summed E-state index contributed by atoms with van der Waals surface area (Å²) in [6.45, 7) is 0. The van der Waals surface area contributed by atoms with E-state index >= 15 is 0 Å². The summed E-state index contributed by atoms with van der Waals surface area (Å²) in [6.07, 6.45) is 0. The lowest BCUT2D eigenvalue weighted by Crippen LogP contribution is -1.99. The molecule has 14 heavy (non-hydrogen) atoms. The van der Waals surface area contributed by atoms with E-state index in [1.54, 1.807) is 6.07 Å². The number of aromatic nitrogens is 2. The van der Waals surface area contributed by atoms with Crippen LogP contribution in [-0.4, -0.2) is 15.1 Å². The van der Waals surface area contributed by atoms with E-state index in [0.29, 0.717) is 16.7 Å². The Morgan fingerprint density at radius 3 is 2.57 bits per heavy atom. The van der Waals surface area contributed by atoms with E-state index in [9.17, 15) is 0 Å². The Hall–Kier alpha value is -2.04. The smallest absolute Gasteiger partial charge is 0.222 e. The molecule has 0 aliphatic heterocycles. The van der Waals surface area contributed by atoms with Crippen molar-refractivity contribution in [1.82, 2.24) is 9.97 Å². The standard InChI is InChI=1S/C8H8N4O.CH4/c9-7-5-2-1-4(13)3-6(5)11-8(10)12-7;/h1-3,13H,(H4,9,10,11,12);1H4. The highest BCUT2D eigenvalue weighted by atomic mass is 16.3. The second kappa shape index (κ2) is 3.37. The lowest BCUT2D eigenvalue weighted by atomic mass is 10.2. The summed E-state index contributed by atoms with van der Waals surface area (Å²) in [6, 6.07) is 4.67. The van der Waals surface area contributed by atoms with Crippen LogP contribution in [0.5, 0.6) is 5.75 Å². The van der Waals surface area contributed by atoms with E-state index in [0.717, 1.165) is 0 Å². The number of nitrogen functional groups attached to an aromatic ring is 2. The van der Waals surface area contributed by atoms with Crippen molar-refractivity contribution in [2.24, 2.45) is 0 Å². The fraction of sp³-hybridized carbons (Fsp3) is 0.111. The van der Waals surface area contributed by atoms with E-state index in [1.165, 1.54) is 12.1 Å². The van der Waals surface area contributed by atoms with Crippen LogP contribution < -0.4 is 11.5 Å². The molecule has 5 nitrogen and oxygen atoms in total. The van der Waals surface area contributed by atoms with Crippen molar-refractivity contribution in [2.45, 2.75) is 7.43 Å². The van der Waals surface area contributed by atoms with Gasteiger partial charge in [0.15, 0.2) is 0 Å². The maximum absolute atomic E-state index is 9.17. The zero-order valence-corrected chi connectivity index (χ0v) is 6.73. The van der Waals surface area contributed by atoms with E-state index < -0.39 is 0 Å². The SMILES string of the molecule is C.Nc1nc(N)c2ccc(O)cc2n1. The van der Waals surface area contributed by atoms with Gasteiger partial charge in [0, 0.05) is 11.5 Å². The average molecular weight is 192 g/mol. The minimum Gasteiger partial charge on any atom is -0.508 e. The van der Waals surface area contributed by atoms with Crippen molar-refractivity contribution in [2.75, 3.05) is 11.5 Å². The van der Waals surface area contributed by atoms with Gasteiger partial charge in [0.1, 0.15) is 11.6 Å². The summed E-state index contributed by atoms with van der Waals surface area (Å²) in [5.74, 6) is 0.558. The molecular weight excluding hydrogens is 180 g/mol. The Bertz CT molecular complexity index is 464. The Morgan fingerprint density at radius 2 is 1.86 bits per heavy atom. The number of phenolic OH excluding ortho intramolecular Hbond substituents is 1. The summed E-state index contributed by atoms with van der Waals surface area (Å²) >= 11 is 0. The lowest BCUT2D eigenvalue weighted by molar-refractivity contribution is 0.476. The second-order valence-corrected chi connectivity index (χ2v) is 2.67.